The van der Waals surface area contributed by atoms with Gasteiger partial charge in [0.2, 0.25) is 5.95 Å². The molecule has 1 N–H and O–H groups in total. The molecule has 0 aliphatic rings. The zero-order chi connectivity index (χ0) is 23.5. The number of unbranched alkanes of at least 4 members (excludes halogenated alkanes) is 1. The van der Waals surface area contributed by atoms with E-state index in [2.05, 4.69) is 37.5 Å². The van der Waals surface area contributed by atoms with Crippen LogP contribution >= 0.6 is 0 Å². The minimum Gasteiger partial charge on any atom is -0.320 e. The van der Waals surface area contributed by atoms with E-state index in [0.717, 1.165) is 47.2 Å². The number of hydrogen-bond donors (Lipinski definition) is 1. The highest BCUT2D eigenvalue weighted by molar-refractivity contribution is 5.69. The topological polar surface area (TPSA) is 112 Å². The van der Waals surface area contributed by atoms with E-state index in [1.165, 1.54) is 0 Å². The van der Waals surface area contributed by atoms with Crippen molar-refractivity contribution in [3.63, 3.8) is 0 Å². The SMILES string of the molecule is CCCCc1cn(-c2nccn2C)c(=O)n1Cc1cnccc1-c1ccc(-c2nnn[nH]2)cc1. The van der Waals surface area contributed by atoms with Gasteiger partial charge < -0.3 is 4.57 Å². The maximum Gasteiger partial charge on any atom is 0.335 e. The van der Waals surface area contributed by atoms with E-state index in [-0.39, 0.29) is 5.69 Å². The second-order valence-corrected chi connectivity index (χ2v) is 8.16. The lowest BCUT2D eigenvalue weighted by Gasteiger charge is -2.12. The van der Waals surface area contributed by atoms with E-state index < -0.39 is 0 Å². The van der Waals surface area contributed by atoms with Crippen LogP contribution in [-0.2, 0) is 20.0 Å². The van der Waals surface area contributed by atoms with E-state index in [1.807, 2.05) is 65.1 Å². The second-order valence-electron chi connectivity index (χ2n) is 8.16. The third-order valence-electron chi connectivity index (χ3n) is 5.91. The molecule has 1 aromatic carbocycles. The number of nitrogens with one attached hydrogen (secondary N) is 1. The monoisotopic (exact) mass is 455 g/mol. The standard InChI is InChI=1S/C24H25N9O/c1-3-4-5-20-16-33(23-26-12-13-31(23)2)24(34)32(20)15-19-14-25-11-10-21(19)17-6-8-18(9-7-17)22-27-29-30-28-22/h6-14,16H,3-5,15H2,1-2H3,(H,27,28,29,30). The van der Waals surface area contributed by atoms with Gasteiger partial charge in [0.25, 0.3) is 0 Å². The maximum absolute atomic E-state index is 13.5. The summed E-state index contributed by atoms with van der Waals surface area (Å²) in [6.45, 7) is 2.57. The Balaban J connectivity index is 1.52. The molecule has 0 aliphatic carbocycles. The van der Waals surface area contributed by atoms with E-state index >= 15 is 0 Å². The van der Waals surface area contributed by atoms with Crippen LogP contribution in [0, 0.1) is 0 Å². The van der Waals surface area contributed by atoms with Crippen molar-refractivity contribution in [3.05, 3.63) is 83.1 Å². The molecule has 0 saturated heterocycles. The summed E-state index contributed by atoms with van der Waals surface area (Å²) < 4.78 is 5.30. The smallest absolute Gasteiger partial charge is 0.320 e. The van der Waals surface area contributed by atoms with Crippen LogP contribution in [0.25, 0.3) is 28.5 Å². The molecule has 4 aromatic heterocycles. The molecular formula is C24H25N9O. The molecule has 0 amide bonds. The second kappa shape index (κ2) is 9.26. The highest BCUT2D eigenvalue weighted by Gasteiger charge is 2.17. The van der Waals surface area contributed by atoms with Crippen LogP contribution < -0.4 is 5.69 Å². The third kappa shape index (κ3) is 4.05. The Morgan fingerprint density at radius 2 is 1.88 bits per heavy atom. The third-order valence-corrected chi connectivity index (χ3v) is 5.91. The normalized spacial score (nSPS) is 11.2. The molecular weight excluding hydrogens is 430 g/mol. The highest BCUT2D eigenvalue weighted by Crippen LogP contribution is 2.26. The summed E-state index contributed by atoms with van der Waals surface area (Å²) in [6, 6.07) is 9.97. The summed E-state index contributed by atoms with van der Waals surface area (Å²) in [6.07, 6.45) is 11.9. The molecule has 0 aliphatic heterocycles. The van der Waals surface area contributed by atoms with E-state index in [1.54, 1.807) is 17.0 Å². The van der Waals surface area contributed by atoms with Crippen LogP contribution in [0.2, 0.25) is 0 Å². The maximum atomic E-state index is 13.5. The fraction of sp³-hybridized carbons (Fsp3) is 0.250. The van der Waals surface area contributed by atoms with Crippen LogP contribution in [0.3, 0.4) is 0 Å². The van der Waals surface area contributed by atoms with Gasteiger partial charge in [0.1, 0.15) is 0 Å². The highest BCUT2D eigenvalue weighted by atomic mass is 16.1. The molecule has 0 radical (unpaired) electrons. The molecule has 0 fully saturated rings. The van der Waals surface area contributed by atoms with Gasteiger partial charge in [-0.2, -0.15) is 0 Å². The van der Waals surface area contributed by atoms with Gasteiger partial charge in [-0.1, -0.05) is 37.6 Å². The minimum absolute atomic E-state index is 0.108. The minimum atomic E-state index is -0.108. The average Bonchev–Trinajstić information content (AvgIpc) is 3.61. The van der Waals surface area contributed by atoms with Crippen molar-refractivity contribution in [1.82, 2.24) is 44.3 Å². The number of imidazole rings is 2. The molecule has 10 nitrogen and oxygen atoms in total. The number of tetrazole rings is 1. The molecule has 0 unspecified atom stereocenters. The van der Waals surface area contributed by atoms with Crippen molar-refractivity contribution in [1.29, 1.82) is 0 Å². The van der Waals surface area contributed by atoms with Gasteiger partial charge in [0.15, 0.2) is 5.82 Å². The Morgan fingerprint density at radius 3 is 2.59 bits per heavy atom. The largest absolute Gasteiger partial charge is 0.335 e. The molecule has 0 bridgehead atoms. The van der Waals surface area contributed by atoms with Crippen molar-refractivity contribution in [2.45, 2.75) is 32.7 Å². The predicted octanol–water partition coefficient (Wildman–Crippen LogP) is 3.01. The Labute approximate surface area is 195 Å². The number of pyridine rings is 1. The Morgan fingerprint density at radius 1 is 1.06 bits per heavy atom. The number of aromatic amines is 1. The van der Waals surface area contributed by atoms with Gasteiger partial charge in [-0.25, -0.2) is 19.4 Å². The number of aromatic nitrogens is 9. The van der Waals surface area contributed by atoms with Crippen LogP contribution in [0.5, 0.6) is 0 Å². The fourth-order valence-corrected chi connectivity index (χ4v) is 4.08. The van der Waals surface area contributed by atoms with Crippen molar-refractivity contribution in [3.8, 4) is 28.5 Å². The van der Waals surface area contributed by atoms with E-state index in [9.17, 15) is 4.79 Å². The number of aryl methyl sites for hydroxylation is 2. The molecule has 0 saturated carbocycles. The first-order valence-corrected chi connectivity index (χ1v) is 11.2. The van der Waals surface area contributed by atoms with E-state index in [0.29, 0.717) is 18.3 Å². The zero-order valence-electron chi connectivity index (χ0n) is 19.1. The average molecular weight is 456 g/mol. The Kier molecular flexibility index (Phi) is 5.86. The number of hydrogen-bond acceptors (Lipinski definition) is 6. The van der Waals surface area contributed by atoms with Crippen molar-refractivity contribution in [2.24, 2.45) is 7.05 Å². The lowest BCUT2D eigenvalue weighted by molar-refractivity contribution is 0.668. The molecule has 0 atom stereocenters. The summed E-state index contributed by atoms with van der Waals surface area (Å²) in [7, 11) is 1.88. The molecule has 4 heterocycles. The molecule has 5 rings (SSSR count). The van der Waals surface area contributed by atoms with Crippen LogP contribution in [0.15, 0.2) is 66.1 Å². The van der Waals surface area contributed by atoms with Gasteiger partial charge in [0, 0.05) is 49.3 Å². The van der Waals surface area contributed by atoms with Gasteiger partial charge in [-0.05, 0) is 46.0 Å². The lowest BCUT2D eigenvalue weighted by atomic mass is 10.00. The van der Waals surface area contributed by atoms with E-state index in [4.69, 9.17) is 0 Å². The Bertz CT molecular complexity index is 1440. The van der Waals surface area contributed by atoms with Crippen molar-refractivity contribution < 1.29 is 0 Å². The number of nitrogens with zero attached hydrogens (tertiary/aromatic N) is 8. The number of benzene rings is 1. The molecule has 172 valence electrons. The van der Waals surface area contributed by atoms with Crippen LogP contribution in [-0.4, -0.2) is 44.3 Å². The van der Waals surface area contributed by atoms with Crippen molar-refractivity contribution in [2.75, 3.05) is 0 Å². The van der Waals surface area contributed by atoms with Crippen molar-refractivity contribution >= 4 is 0 Å². The number of rotatable bonds is 8. The van der Waals surface area contributed by atoms with Crippen LogP contribution in [0.1, 0.15) is 31.0 Å². The first kappa shape index (κ1) is 21.5. The van der Waals surface area contributed by atoms with Gasteiger partial charge in [0.05, 0.1) is 6.54 Å². The molecule has 5 aromatic rings. The summed E-state index contributed by atoms with van der Waals surface area (Å²) in [5.41, 5.74) is 4.79. The number of H-pyrrole nitrogens is 1. The quantitative estimate of drug-likeness (QED) is 0.385. The first-order valence-electron chi connectivity index (χ1n) is 11.2. The van der Waals surface area contributed by atoms with Gasteiger partial charge in [-0.15, -0.1) is 5.10 Å². The zero-order valence-corrected chi connectivity index (χ0v) is 19.1. The fourth-order valence-electron chi connectivity index (χ4n) is 4.08. The summed E-state index contributed by atoms with van der Waals surface area (Å²) in [4.78, 5) is 22.2. The van der Waals surface area contributed by atoms with Crippen LogP contribution in [0.4, 0.5) is 0 Å². The molecule has 10 heteroatoms. The van der Waals surface area contributed by atoms with Gasteiger partial charge >= 0.3 is 5.69 Å². The predicted molar refractivity (Wildman–Crippen MR) is 127 cm³/mol. The molecule has 34 heavy (non-hydrogen) atoms. The Hall–Kier alpha value is -4.34. The lowest BCUT2D eigenvalue weighted by Crippen LogP contribution is -2.26. The summed E-state index contributed by atoms with van der Waals surface area (Å²) in [5, 5.41) is 14.0. The summed E-state index contributed by atoms with van der Waals surface area (Å²) in [5.74, 6) is 1.22. The first-order chi connectivity index (χ1) is 16.7. The van der Waals surface area contributed by atoms with Gasteiger partial charge in [-0.3, -0.25) is 9.55 Å². The summed E-state index contributed by atoms with van der Waals surface area (Å²) >= 11 is 0. The molecule has 0 spiro atoms.